The molecule has 1 aromatic heterocycles. The van der Waals surface area contributed by atoms with Crippen molar-refractivity contribution in [2.75, 3.05) is 26.2 Å². The van der Waals surface area contributed by atoms with E-state index in [-0.39, 0.29) is 23.4 Å². The van der Waals surface area contributed by atoms with E-state index in [2.05, 4.69) is 25.3 Å². The Morgan fingerprint density at radius 3 is 2.73 bits per heavy atom. The number of hydrogen-bond donors (Lipinski definition) is 0. The smallest absolute Gasteiger partial charge is 0.238 e. The van der Waals surface area contributed by atoms with Gasteiger partial charge in [0.15, 0.2) is 0 Å². The molecule has 22 heavy (non-hydrogen) atoms. The molecule has 2 rings (SSSR count). The molecule has 0 aromatic carbocycles. The maximum absolute atomic E-state index is 12.4. The Hall–Kier alpha value is -0.620. The van der Waals surface area contributed by atoms with E-state index in [1.54, 1.807) is 18.4 Å². The first-order valence-electron chi connectivity index (χ1n) is 7.55. The third-order valence-electron chi connectivity index (χ3n) is 4.72. The van der Waals surface area contributed by atoms with Gasteiger partial charge in [0, 0.05) is 44.6 Å². The van der Waals surface area contributed by atoms with Gasteiger partial charge in [-0.15, -0.1) is 22.9 Å². The number of carbonyl (C=O) groups is 1. The van der Waals surface area contributed by atoms with E-state index in [0.29, 0.717) is 19.8 Å². The van der Waals surface area contributed by atoms with Crippen LogP contribution in [0.2, 0.25) is 0 Å². The zero-order valence-electron chi connectivity index (χ0n) is 13.4. The fourth-order valence-electron chi connectivity index (χ4n) is 3.07. The molecule has 0 saturated carbocycles. The number of methoxy groups -OCH3 is 1. The minimum atomic E-state index is -0.357. The predicted molar refractivity (Wildman–Crippen MR) is 89.6 cm³/mol. The summed E-state index contributed by atoms with van der Waals surface area (Å²) in [6.45, 7) is 6.04. The van der Waals surface area contributed by atoms with E-state index in [9.17, 15) is 4.79 Å². The van der Waals surface area contributed by atoms with Crippen LogP contribution in [-0.4, -0.2) is 48.7 Å². The summed E-state index contributed by atoms with van der Waals surface area (Å²) >= 11 is 7.54. The number of rotatable bonds is 6. The number of aryl methyl sites for hydroxylation is 1. The number of amides is 1. The van der Waals surface area contributed by atoms with Crippen molar-refractivity contribution in [2.45, 2.75) is 44.9 Å². The molecule has 1 amide bonds. The fraction of sp³-hybridized carbons (Fsp3) is 0.688. The molecule has 0 N–H and O–H groups in total. The Labute approximate surface area is 141 Å². The monoisotopic (exact) mass is 345 g/mol. The van der Waals surface area contributed by atoms with Crippen LogP contribution in [0.4, 0.5) is 0 Å². The van der Waals surface area contributed by atoms with Crippen LogP contribution in [0.1, 0.15) is 30.2 Å². The van der Waals surface area contributed by atoms with Gasteiger partial charge in [0.05, 0.1) is 11.6 Å². The van der Waals surface area contributed by atoms with Gasteiger partial charge in [-0.3, -0.25) is 4.79 Å². The lowest BCUT2D eigenvalue weighted by atomic mass is 9.85. The molecule has 0 bridgehead atoms. The van der Waals surface area contributed by atoms with Crippen molar-refractivity contribution in [2.24, 2.45) is 0 Å². The van der Waals surface area contributed by atoms with Gasteiger partial charge in [-0.05, 0) is 30.9 Å². The zero-order chi connectivity index (χ0) is 16.2. The van der Waals surface area contributed by atoms with E-state index in [0.717, 1.165) is 12.8 Å². The van der Waals surface area contributed by atoms with E-state index in [1.165, 1.54) is 10.4 Å². The van der Waals surface area contributed by atoms with Crippen molar-refractivity contribution >= 4 is 28.8 Å². The molecular formula is C16H24ClNO3S. The van der Waals surface area contributed by atoms with Gasteiger partial charge in [0.1, 0.15) is 5.88 Å². The highest BCUT2D eigenvalue weighted by molar-refractivity contribution is 7.10. The highest BCUT2D eigenvalue weighted by atomic mass is 35.5. The highest BCUT2D eigenvalue weighted by Crippen LogP contribution is 2.32. The minimum absolute atomic E-state index is 0.0101. The summed E-state index contributed by atoms with van der Waals surface area (Å²) in [6.07, 6.45) is 1.58. The molecule has 6 heteroatoms. The molecule has 0 aliphatic carbocycles. The van der Waals surface area contributed by atoms with Crippen LogP contribution in [0.5, 0.6) is 0 Å². The second-order valence-corrected chi connectivity index (χ2v) is 7.10. The summed E-state index contributed by atoms with van der Waals surface area (Å²) in [4.78, 5) is 15.5. The van der Waals surface area contributed by atoms with Gasteiger partial charge >= 0.3 is 0 Å². The summed E-state index contributed by atoms with van der Waals surface area (Å²) in [5, 5.41) is 2.05. The zero-order valence-corrected chi connectivity index (χ0v) is 15.0. The topological polar surface area (TPSA) is 38.8 Å². The number of ether oxygens (including phenoxy) is 2. The lowest BCUT2D eigenvalue weighted by Crippen LogP contribution is -2.56. The molecule has 124 valence electrons. The molecule has 1 aromatic rings. The molecule has 1 unspecified atom stereocenters. The predicted octanol–water partition coefficient (Wildman–Crippen LogP) is 3.21. The molecule has 2 heterocycles. The quantitative estimate of drug-likeness (QED) is 0.743. The van der Waals surface area contributed by atoms with Crippen LogP contribution in [0, 0.1) is 6.92 Å². The lowest BCUT2D eigenvalue weighted by Gasteiger charge is -2.45. The Balaban J connectivity index is 2.23. The summed E-state index contributed by atoms with van der Waals surface area (Å²) in [6, 6.07) is 2.02. The van der Waals surface area contributed by atoms with Gasteiger partial charge < -0.3 is 14.4 Å². The Morgan fingerprint density at radius 2 is 2.23 bits per heavy atom. The summed E-state index contributed by atoms with van der Waals surface area (Å²) in [5.74, 6) is -0.0632. The van der Waals surface area contributed by atoms with Crippen LogP contribution in [-0.2, 0) is 20.8 Å². The van der Waals surface area contributed by atoms with Gasteiger partial charge in [0.2, 0.25) is 5.91 Å². The SMILES string of the molecule is COC1(C(C)N(Cc2ccsc2C)C(=O)CCl)CCOCC1. The maximum atomic E-state index is 12.4. The second-order valence-electron chi connectivity index (χ2n) is 5.71. The van der Waals surface area contributed by atoms with Crippen molar-refractivity contribution in [1.82, 2.24) is 4.90 Å². The van der Waals surface area contributed by atoms with Crippen molar-refractivity contribution in [3.8, 4) is 0 Å². The number of hydrogen-bond acceptors (Lipinski definition) is 4. The fourth-order valence-corrected chi connectivity index (χ4v) is 3.94. The summed E-state index contributed by atoms with van der Waals surface area (Å²) in [5.41, 5.74) is 0.817. The number of carbonyl (C=O) groups excluding carboxylic acids is 1. The third-order valence-corrected chi connectivity index (χ3v) is 5.83. The van der Waals surface area contributed by atoms with Gasteiger partial charge in [-0.25, -0.2) is 0 Å². The largest absolute Gasteiger partial charge is 0.381 e. The van der Waals surface area contributed by atoms with Crippen molar-refractivity contribution in [3.63, 3.8) is 0 Å². The first-order chi connectivity index (χ1) is 10.5. The third kappa shape index (κ3) is 3.65. The first-order valence-corrected chi connectivity index (χ1v) is 8.97. The van der Waals surface area contributed by atoms with Crippen LogP contribution in [0.3, 0.4) is 0 Å². The average molecular weight is 346 g/mol. The Kier molecular flexibility index (Phi) is 6.26. The van der Waals surface area contributed by atoms with Crippen molar-refractivity contribution in [1.29, 1.82) is 0 Å². The number of alkyl halides is 1. The highest BCUT2D eigenvalue weighted by Gasteiger charge is 2.42. The summed E-state index contributed by atoms with van der Waals surface area (Å²) in [7, 11) is 1.72. The normalized spacial score (nSPS) is 18.9. The first kappa shape index (κ1) is 17.7. The number of nitrogens with zero attached hydrogens (tertiary/aromatic N) is 1. The van der Waals surface area contributed by atoms with Crippen molar-refractivity contribution < 1.29 is 14.3 Å². The second kappa shape index (κ2) is 7.77. The molecule has 4 nitrogen and oxygen atoms in total. The molecule has 1 fully saturated rings. The summed E-state index contributed by atoms with van der Waals surface area (Å²) < 4.78 is 11.3. The molecule has 1 atom stereocenters. The van der Waals surface area contributed by atoms with Crippen molar-refractivity contribution in [3.05, 3.63) is 21.9 Å². The molecule has 1 aliphatic heterocycles. The van der Waals surface area contributed by atoms with Crippen LogP contribution < -0.4 is 0 Å². The van der Waals surface area contributed by atoms with Gasteiger partial charge in [-0.1, -0.05) is 0 Å². The molecule has 1 saturated heterocycles. The van der Waals surface area contributed by atoms with E-state index in [1.807, 2.05) is 4.90 Å². The van der Waals surface area contributed by atoms with Gasteiger partial charge in [-0.2, -0.15) is 0 Å². The molecular weight excluding hydrogens is 322 g/mol. The maximum Gasteiger partial charge on any atom is 0.238 e. The Bertz CT molecular complexity index is 499. The van der Waals surface area contributed by atoms with E-state index >= 15 is 0 Å². The lowest BCUT2D eigenvalue weighted by molar-refractivity contribution is -0.153. The molecule has 1 aliphatic rings. The Morgan fingerprint density at radius 1 is 1.55 bits per heavy atom. The molecule has 0 radical (unpaired) electrons. The van der Waals surface area contributed by atoms with E-state index < -0.39 is 0 Å². The number of thiophene rings is 1. The standard InChI is InChI=1S/C16H24ClNO3S/c1-12-14(4-9-22-12)11-18(15(19)10-17)13(2)16(20-3)5-7-21-8-6-16/h4,9,13H,5-8,10-11H2,1-3H3. The van der Waals surface area contributed by atoms with Crippen LogP contribution in [0.15, 0.2) is 11.4 Å². The molecule has 0 spiro atoms. The van der Waals surface area contributed by atoms with Crippen LogP contribution >= 0.6 is 22.9 Å². The minimum Gasteiger partial charge on any atom is -0.381 e. The van der Waals surface area contributed by atoms with Gasteiger partial charge in [0.25, 0.3) is 0 Å². The number of halogens is 1. The van der Waals surface area contributed by atoms with Crippen LogP contribution in [0.25, 0.3) is 0 Å². The van der Waals surface area contributed by atoms with E-state index in [4.69, 9.17) is 21.1 Å². The average Bonchev–Trinajstić information content (AvgIpc) is 2.96.